The molecule has 0 saturated heterocycles. The van der Waals surface area contributed by atoms with Crippen LogP contribution < -0.4 is 4.74 Å². The lowest BCUT2D eigenvalue weighted by molar-refractivity contribution is 0.280. The van der Waals surface area contributed by atoms with Crippen LogP contribution in [0.3, 0.4) is 0 Å². The van der Waals surface area contributed by atoms with Gasteiger partial charge >= 0.3 is 0 Å². The van der Waals surface area contributed by atoms with Gasteiger partial charge in [-0.25, -0.2) is 4.98 Å². The predicted octanol–water partition coefficient (Wildman–Crippen LogP) is 3.94. The summed E-state index contributed by atoms with van der Waals surface area (Å²) in [6.45, 7) is 6.21. The highest BCUT2D eigenvalue weighted by Gasteiger charge is 2.07. The van der Waals surface area contributed by atoms with E-state index in [1.165, 1.54) is 5.56 Å². The SMILES string of the molecule is CCCc1cc(CO)cc(Oc2cccc(C)c2C)n1. The fourth-order valence-electron chi connectivity index (χ4n) is 2.10. The molecule has 0 aliphatic rings. The molecule has 1 aromatic carbocycles. The normalized spacial score (nSPS) is 10.6. The van der Waals surface area contributed by atoms with Crippen molar-refractivity contribution in [3.8, 4) is 11.6 Å². The molecule has 0 unspecified atom stereocenters. The maximum absolute atomic E-state index is 9.34. The van der Waals surface area contributed by atoms with Gasteiger partial charge in [0.05, 0.1) is 6.61 Å². The number of hydrogen-bond acceptors (Lipinski definition) is 3. The summed E-state index contributed by atoms with van der Waals surface area (Å²) in [7, 11) is 0. The number of hydrogen-bond donors (Lipinski definition) is 1. The Hall–Kier alpha value is -1.87. The van der Waals surface area contributed by atoms with Crippen molar-refractivity contribution in [3.63, 3.8) is 0 Å². The Morgan fingerprint density at radius 3 is 2.70 bits per heavy atom. The standard InChI is InChI=1S/C17H21NO2/c1-4-6-15-9-14(11-19)10-17(18-15)20-16-8-5-7-12(2)13(16)3/h5,7-10,19H,4,6,11H2,1-3H3. The van der Waals surface area contributed by atoms with E-state index in [1.807, 2.05) is 25.1 Å². The van der Waals surface area contributed by atoms with Crippen LogP contribution in [-0.2, 0) is 13.0 Å². The summed E-state index contributed by atoms with van der Waals surface area (Å²) >= 11 is 0. The van der Waals surface area contributed by atoms with E-state index in [0.717, 1.165) is 35.4 Å². The largest absolute Gasteiger partial charge is 0.439 e. The molecule has 1 aromatic heterocycles. The first-order valence-electron chi connectivity index (χ1n) is 6.98. The number of aliphatic hydroxyl groups is 1. The molecule has 0 aliphatic carbocycles. The molecule has 1 N–H and O–H groups in total. The second-order valence-corrected chi connectivity index (χ2v) is 5.01. The minimum absolute atomic E-state index is 0.00237. The minimum Gasteiger partial charge on any atom is -0.439 e. The van der Waals surface area contributed by atoms with Crippen molar-refractivity contribution in [2.45, 2.75) is 40.2 Å². The molecule has 2 rings (SSSR count). The lowest BCUT2D eigenvalue weighted by Gasteiger charge is -2.12. The Balaban J connectivity index is 2.32. The highest BCUT2D eigenvalue weighted by Crippen LogP contribution is 2.26. The summed E-state index contributed by atoms with van der Waals surface area (Å²) in [5, 5.41) is 9.34. The van der Waals surface area contributed by atoms with E-state index in [-0.39, 0.29) is 6.61 Å². The van der Waals surface area contributed by atoms with E-state index in [1.54, 1.807) is 6.07 Å². The Labute approximate surface area is 120 Å². The van der Waals surface area contributed by atoms with E-state index < -0.39 is 0 Å². The number of rotatable bonds is 5. The summed E-state index contributed by atoms with van der Waals surface area (Å²) in [6.07, 6.45) is 1.90. The summed E-state index contributed by atoms with van der Waals surface area (Å²) in [4.78, 5) is 4.50. The molecule has 2 aromatic rings. The molecule has 106 valence electrons. The quantitative estimate of drug-likeness (QED) is 0.895. The summed E-state index contributed by atoms with van der Waals surface area (Å²) in [5.41, 5.74) is 4.10. The van der Waals surface area contributed by atoms with Crippen LogP contribution in [0.15, 0.2) is 30.3 Å². The van der Waals surface area contributed by atoms with Crippen molar-refractivity contribution in [2.24, 2.45) is 0 Å². The lowest BCUT2D eigenvalue weighted by Crippen LogP contribution is -1.98. The maximum Gasteiger partial charge on any atom is 0.219 e. The Kier molecular flexibility index (Phi) is 4.74. The van der Waals surface area contributed by atoms with Gasteiger partial charge in [-0.15, -0.1) is 0 Å². The molecule has 3 heteroatoms. The van der Waals surface area contributed by atoms with Gasteiger partial charge in [0.1, 0.15) is 5.75 Å². The van der Waals surface area contributed by atoms with Gasteiger partial charge in [0.2, 0.25) is 5.88 Å². The fourth-order valence-corrected chi connectivity index (χ4v) is 2.10. The van der Waals surface area contributed by atoms with Crippen LogP contribution in [0, 0.1) is 13.8 Å². The van der Waals surface area contributed by atoms with Gasteiger partial charge in [0, 0.05) is 11.8 Å². The van der Waals surface area contributed by atoms with E-state index >= 15 is 0 Å². The number of pyridine rings is 1. The molecule has 0 atom stereocenters. The van der Waals surface area contributed by atoms with Gasteiger partial charge in [-0.3, -0.25) is 0 Å². The van der Waals surface area contributed by atoms with Crippen molar-refractivity contribution < 1.29 is 9.84 Å². The topological polar surface area (TPSA) is 42.4 Å². The third kappa shape index (κ3) is 3.36. The van der Waals surface area contributed by atoms with Crippen LogP contribution in [0.1, 0.15) is 35.7 Å². The monoisotopic (exact) mass is 271 g/mol. The number of aryl methyl sites for hydroxylation is 2. The summed E-state index contributed by atoms with van der Waals surface area (Å²) in [5.74, 6) is 1.36. The van der Waals surface area contributed by atoms with Crippen LogP contribution in [0.2, 0.25) is 0 Å². The second kappa shape index (κ2) is 6.53. The third-order valence-electron chi connectivity index (χ3n) is 3.37. The van der Waals surface area contributed by atoms with Crippen LogP contribution >= 0.6 is 0 Å². The molecule has 1 heterocycles. The Morgan fingerprint density at radius 2 is 2.00 bits per heavy atom. The van der Waals surface area contributed by atoms with Crippen LogP contribution in [0.5, 0.6) is 11.6 Å². The fraction of sp³-hybridized carbons (Fsp3) is 0.353. The molecular weight excluding hydrogens is 250 g/mol. The summed E-state index contributed by atoms with van der Waals surface area (Å²) < 4.78 is 5.90. The predicted molar refractivity (Wildman–Crippen MR) is 80.1 cm³/mol. The smallest absolute Gasteiger partial charge is 0.219 e. The first kappa shape index (κ1) is 14.5. The molecule has 0 spiro atoms. The van der Waals surface area contributed by atoms with Crippen LogP contribution in [-0.4, -0.2) is 10.1 Å². The molecule has 0 amide bonds. The number of benzene rings is 1. The van der Waals surface area contributed by atoms with Gasteiger partial charge in [0.15, 0.2) is 0 Å². The van der Waals surface area contributed by atoms with E-state index in [2.05, 4.69) is 24.9 Å². The van der Waals surface area contributed by atoms with Gasteiger partial charge in [-0.2, -0.15) is 0 Å². The number of aromatic nitrogens is 1. The minimum atomic E-state index is 0.00237. The van der Waals surface area contributed by atoms with Crippen molar-refractivity contribution in [1.29, 1.82) is 0 Å². The first-order chi connectivity index (χ1) is 9.63. The zero-order valence-corrected chi connectivity index (χ0v) is 12.3. The molecule has 3 nitrogen and oxygen atoms in total. The van der Waals surface area contributed by atoms with Gasteiger partial charge in [-0.05, 0) is 49.1 Å². The van der Waals surface area contributed by atoms with Crippen molar-refractivity contribution in [3.05, 3.63) is 52.7 Å². The molecule has 0 bridgehead atoms. The number of nitrogens with zero attached hydrogens (tertiary/aromatic N) is 1. The number of ether oxygens (including phenoxy) is 1. The second-order valence-electron chi connectivity index (χ2n) is 5.01. The van der Waals surface area contributed by atoms with Crippen molar-refractivity contribution >= 4 is 0 Å². The van der Waals surface area contributed by atoms with Crippen molar-refractivity contribution in [1.82, 2.24) is 4.98 Å². The lowest BCUT2D eigenvalue weighted by atomic mass is 10.1. The van der Waals surface area contributed by atoms with Crippen LogP contribution in [0.4, 0.5) is 0 Å². The van der Waals surface area contributed by atoms with Crippen LogP contribution in [0.25, 0.3) is 0 Å². The molecule has 0 radical (unpaired) electrons. The van der Waals surface area contributed by atoms with Gasteiger partial charge in [-0.1, -0.05) is 25.5 Å². The van der Waals surface area contributed by atoms with E-state index in [4.69, 9.17) is 4.74 Å². The number of aliphatic hydroxyl groups excluding tert-OH is 1. The van der Waals surface area contributed by atoms with E-state index in [0.29, 0.717) is 5.88 Å². The van der Waals surface area contributed by atoms with Crippen molar-refractivity contribution in [2.75, 3.05) is 0 Å². The van der Waals surface area contributed by atoms with Gasteiger partial charge < -0.3 is 9.84 Å². The third-order valence-corrected chi connectivity index (χ3v) is 3.37. The zero-order chi connectivity index (χ0) is 14.5. The molecular formula is C17H21NO2. The summed E-state index contributed by atoms with van der Waals surface area (Å²) in [6, 6.07) is 9.69. The average Bonchev–Trinajstić information content (AvgIpc) is 2.44. The van der Waals surface area contributed by atoms with Gasteiger partial charge in [0.25, 0.3) is 0 Å². The maximum atomic E-state index is 9.34. The van der Waals surface area contributed by atoms with E-state index in [9.17, 15) is 5.11 Å². The zero-order valence-electron chi connectivity index (χ0n) is 12.3. The molecule has 0 fully saturated rings. The Bertz CT molecular complexity index is 594. The average molecular weight is 271 g/mol. The highest BCUT2D eigenvalue weighted by molar-refractivity contribution is 5.40. The highest BCUT2D eigenvalue weighted by atomic mass is 16.5. The molecule has 0 aliphatic heterocycles. The first-order valence-corrected chi connectivity index (χ1v) is 6.98. The Morgan fingerprint density at radius 1 is 1.20 bits per heavy atom. The molecule has 0 saturated carbocycles. The molecule has 20 heavy (non-hydrogen) atoms.